The first-order valence-electron chi connectivity index (χ1n) is 7.78. The van der Waals surface area contributed by atoms with Crippen LogP contribution in [-0.2, 0) is 13.0 Å². The topological polar surface area (TPSA) is 29.9 Å². The number of piperidine rings is 1. The van der Waals surface area contributed by atoms with Crippen LogP contribution in [0, 0.1) is 5.82 Å². The van der Waals surface area contributed by atoms with Crippen molar-refractivity contribution in [3.05, 3.63) is 53.1 Å². The zero-order chi connectivity index (χ0) is 14.7. The van der Waals surface area contributed by atoms with E-state index in [1.165, 1.54) is 30.7 Å². The SMILES string of the molecule is CCn1nc(Cc2ccc(F)cc2)cc1C1CCNCC1.Cl.Cl. The van der Waals surface area contributed by atoms with Crippen LogP contribution in [-0.4, -0.2) is 22.9 Å². The molecule has 1 saturated heterocycles. The summed E-state index contributed by atoms with van der Waals surface area (Å²) in [4.78, 5) is 0. The second-order valence-electron chi connectivity index (χ2n) is 5.70. The Bertz CT molecular complexity index is 592. The number of hydrogen-bond donors (Lipinski definition) is 1. The van der Waals surface area contributed by atoms with E-state index in [1.54, 1.807) is 0 Å². The first kappa shape index (κ1) is 19.9. The van der Waals surface area contributed by atoms with Gasteiger partial charge in [-0.3, -0.25) is 4.68 Å². The summed E-state index contributed by atoms with van der Waals surface area (Å²) in [5, 5.41) is 8.13. The van der Waals surface area contributed by atoms with E-state index in [0.717, 1.165) is 37.3 Å². The fourth-order valence-electron chi connectivity index (χ4n) is 3.08. The minimum absolute atomic E-state index is 0. The molecule has 1 aromatic carbocycles. The first-order chi connectivity index (χ1) is 10.3. The van der Waals surface area contributed by atoms with Crippen molar-refractivity contribution in [1.29, 1.82) is 0 Å². The molecule has 0 bridgehead atoms. The van der Waals surface area contributed by atoms with Crippen molar-refractivity contribution in [1.82, 2.24) is 15.1 Å². The van der Waals surface area contributed by atoms with Crippen molar-refractivity contribution < 1.29 is 4.39 Å². The number of benzene rings is 1. The smallest absolute Gasteiger partial charge is 0.123 e. The Hall–Kier alpha value is -1.10. The quantitative estimate of drug-likeness (QED) is 0.895. The maximum absolute atomic E-state index is 13.0. The van der Waals surface area contributed by atoms with Crippen molar-refractivity contribution in [2.45, 2.75) is 38.6 Å². The van der Waals surface area contributed by atoms with E-state index in [2.05, 4.69) is 23.0 Å². The summed E-state index contributed by atoms with van der Waals surface area (Å²) in [6, 6.07) is 8.94. The summed E-state index contributed by atoms with van der Waals surface area (Å²) in [5.41, 5.74) is 3.54. The minimum Gasteiger partial charge on any atom is -0.317 e. The molecule has 2 aromatic rings. The van der Waals surface area contributed by atoms with Crippen LogP contribution in [0.3, 0.4) is 0 Å². The second kappa shape index (κ2) is 9.26. The molecule has 3 nitrogen and oxygen atoms in total. The largest absolute Gasteiger partial charge is 0.317 e. The lowest BCUT2D eigenvalue weighted by atomic mass is 9.94. The van der Waals surface area contributed by atoms with Crippen LogP contribution in [0.2, 0.25) is 0 Å². The molecule has 0 spiro atoms. The summed E-state index contributed by atoms with van der Waals surface area (Å²) >= 11 is 0. The molecule has 128 valence electrons. The van der Waals surface area contributed by atoms with E-state index in [0.29, 0.717) is 5.92 Å². The third-order valence-electron chi connectivity index (χ3n) is 4.22. The Labute approximate surface area is 149 Å². The van der Waals surface area contributed by atoms with Crippen LogP contribution < -0.4 is 5.32 Å². The summed E-state index contributed by atoms with van der Waals surface area (Å²) < 4.78 is 15.1. The van der Waals surface area contributed by atoms with Crippen LogP contribution in [0.4, 0.5) is 4.39 Å². The highest BCUT2D eigenvalue weighted by molar-refractivity contribution is 5.85. The maximum atomic E-state index is 13.0. The monoisotopic (exact) mass is 359 g/mol. The molecule has 2 heterocycles. The van der Waals surface area contributed by atoms with Crippen LogP contribution in [0.25, 0.3) is 0 Å². The van der Waals surface area contributed by atoms with Gasteiger partial charge in [-0.1, -0.05) is 12.1 Å². The molecule has 0 amide bonds. The van der Waals surface area contributed by atoms with E-state index >= 15 is 0 Å². The minimum atomic E-state index is -0.187. The van der Waals surface area contributed by atoms with Crippen molar-refractivity contribution in [3.63, 3.8) is 0 Å². The molecule has 1 aliphatic heterocycles. The van der Waals surface area contributed by atoms with Crippen LogP contribution in [0.5, 0.6) is 0 Å². The highest BCUT2D eigenvalue weighted by Crippen LogP contribution is 2.26. The Balaban J connectivity index is 0.00000132. The van der Waals surface area contributed by atoms with Gasteiger partial charge < -0.3 is 5.32 Å². The van der Waals surface area contributed by atoms with Gasteiger partial charge in [0.25, 0.3) is 0 Å². The van der Waals surface area contributed by atoms with Gasteiger partial charge in [0.15, 0.2) is 0 Å². The number of nitrogens with zero attached hydrogens (tertiary/aromatic N) is 2. The van der Waals surface area contributed by atoms with E-state index in [-0.39, 0.29) is 30.6 Å². The number of aryl methyl sites for hydroxylation is 1. The lowest BCUT2D eigenvalue weighted by molar-refractivity contribution is 0.432. The zero-order valence-corrected chi connectivity index (χ0v) is 14.9. The van der Waals surface area contributed by atoms with Crippen molar-refractivity contribution in [3.8, 4) is 0 Å². The van der Waals surface area contributed by atoms with Crippen molar-refractivity contribution in [2.75, 3.05) is 13.1 Å². The number of aromatic nitrogens is 2. The van der Waals surface area contributed by atoms with E-state index in [9.17, 15) is 4.39 Å². The molecule has 1 aliphatic rings. The Morgan fingerprint density at radius 2 is 1.83 bits per heavy atom. The van der Waals surface area contributed by atoms with E-state index in [1.807, 2.05) is 12.1 Å². The third kappa shape index (κ3) is 4.93. The van der Waals surface area contributed by atoms with Crippen LogP contribution in [0.15, 0.2) is 30.3 Å². The lowest BCUT2D eigenvalue weighted by Crippen LogP contribution is -2.27. The van der Waals surface area contributed by atoms with Crippen LogP contribution in [0.1, 0.15) is 42.6 Å². The van der Waals surface area contributed by atoms with Gasteiger partial charge >= 0.3 is 0 Å². The molecule has 1 fully saturated rings. The molecule has 0 atom stereocenters. The molecular formula is C17H24Cl2FN3. The third-order valence-corrected chi connectivity index (χ3v) is 4.22. The second-order valence-corrected chi connectivity index (χ2v) is 5.70. The van der Waals surface area contributed by atoms with Crippen molar-refractivity contribution >= 4 is 24.8 Å². The van der Waals surface area contributed by atoms with Gasteiger partial charge in [0.2, 0.25) is 0 Å². The number of hydrogen-bond acceptors (Lipinski definition) is 2. The van der Waals surface area contributed by atoms with Gasteiger partial charge in [-0.15, -0.1) is 24.8 Å². The molecule has 0 radical (unpaired) electrons. The maximum Gasteiger partial charge on any atom is 0.123 e. The molecule has 1 aromatic heterocycles. The Kier molecular flexibility index (Phi) is 8.03. The fraction of sp³-hybridized carbons (Fsp3) is 0.471. The van der Waals surface area contributed by atoms with E-state index in [4.69, 9.17) is 5.10 Å². The molecule has 23 heavy (non-hydrogen) atoms. The summed E-state index contributed by atoms with van der Waals surface area (Å²) in [6.45, 7) is 5.22. The summed E-state index contributed by atoms with van der Waals surface area (Å²) in [7, 11) is 0. The molecule has 0 aliphatic carbocycles. The van der Waals surface area contributed by atoms with Gasteiger partial charge in [0.05, 0.1) is 5.69 Å². The molecule has 6 heteroatoms. The normalized spacial score (nSPS) is 14.9. The number of halogens is 3. The average Bonchev–Trinajstić information content (AvgIpc) is 2.93. The number of rotatable bonds is 4. The summed E-state index contributed by atoms with van der Waals surface area (Å²) in [5.74, 6) is 0.425. The lowest BCUT2D eigenvalue weighted by Gasteiger charge is -2.23. The van der Waals surface area contributed by atoms with Gasteiger partial charge in [0, 0.05) is 24.6 Å². The van der Waals surface area contributed by atoms with Gasteiger partial charge in [-0.05, 0) is 56.6 Å². The predicted octanol–water partition coefficient (Wildman–Crippen LogP) is 3.94. The standard InChI is InChI=1S/C17H22FN3.2ClH/c1-2-21-17(14-7-9-19-10-8-14)12-16(20-21)11-13-3-5-15(18)6-4-13;;/h3-6,12,14,19H,2,7-11H2,1H3;2*1H. The van der Waals surface area contributed by atoms with Gasteiger partial charge in [-0.25, -0.2) is 4.39 Å². The summed E-state index contributed by atoms with van der Waals surface area (Å²) in [6.07, 6.45) is 3.13. The highest BCUT2D eigenvalue weighted by atomic mass is 35.5. The molecule has 3 rings (SSSR count). The zero-order valence-electron chi connectivity index (χ0n) is 13.3. The number of nitrogens with one attached hydrogen (secondary N) is 1. The van der Waals surface area contributed by atoms with E-state index < -0.39 is 0 Å². The average molecular weight is 360 g/mol. The molecule has 1 N–H and O–H groups in total. The fourth-order valence-corrected chi connectivity index (χ4v) is 3.08. The van der Waals surface area contributed by atoms with Crippen LogP contribution >= 0.6 is 24.8 Å². The van der Waals surface area contributed by atoms with Crippen molar-refractivity contribution in [2.24, 2.45) is 0 Å². The predicted molar refractivity (Wildman–Crippen MR) is 96.4 cm³/mol. The first-order valence-corrected chi connectivity index (χ1v) is 7.78. The Morgan fingerprint density at radius 1 is 1.17 bits per heavy atom. The molecule has 0 saturated carbocycles. The Morgan fingerprint density at radius 3 is 2.43 bits per heavy atom. The molecular weight excluding hydrogens is 336 g/mol. The van der Waals surface area contributed by atoms with Gasteiger partial charge in [-0.2, -0.15) is 5.10 Å². The van der Waals surface area contributed by atoms with Gasteiger partial charge in [0.1, 0.15) is 5.82 Å². The highest BCUT2D eigenvalue weighted by Gasteiger charge is 2.20. The molecule has 0 unspecified atom stereocenters.